The van der Waals surface area contributed by atoms with E-state index in [1.54, 1.807) is 0 Å². The zero-order chi connectivity index (χ0) is 20.1. The number of hydrogen-bond acceptors (Lipinski definition) is 4. The summed E-state index contributed by atoms with van der Waals surface area (Å²) in [4.78, 5) is 29.6. The fraction of sp³-hybridized carbons (Fsp3) is 0.750. The van der Waals surface area contributed by atoms with E-state index in [0.717, 1.165) is 38.5 Å². The van der Waals surface area contributed by atoms with Gasteiger partial charge in [-0.15, -0.1) is 0 Å². The maximum absolute atomic E-state index is 13.8. The van der Waals surface area contributed by atoms with E-state index in [4.69, 9.17) is 0 Å². The van der Waals surface area contributed by atoms with Crippen molar-refractivity contribution in [3.63, 3.8) is 0 Å². The fourth-order valence-corrected chi connectivity index (χ4v) is 8.61. The zero-order valence-electron chi connectivity index (χ0n) is 17.3. The van der Waals surface area contributed by atoms with Crippen LogP contribution in [0.1, 0.15) is 51.9 Å². The van der Waals surface area contributed by atoms with Gasteiger partial charge >= 0.3 is 0 Å². The molecule has 0 radical (unpaired) electrons. The highest BCUT2D eigenvalue weighted by molar-refractivity contribution is 6.21. The first-order valence-corrected chi connectivity index (χ1v) is 11.1. The van der Waals surface area contributed by atoms with Crippen molar-refractivity contribution < 1.29 is 14.7 Å². The minimum absolute atomic E-state index is 0.00838. The average Bonchev–Trinajstić information content (AvgIpc) is 3.35. The van der Waals surface area contributed by atoms with Crippen LogP contribution in [0.3, 0.4) is 0 Å². The van der Waals surface area contributed by atoms with E-state index in [1.807, 2.05) is 0 Å². The second-order valence-corrected chi connectivity index (χ2v) is 10.4. The monoisotopic (exact) mass is 383 g/mol. The van der Waals surface area contributed by atoms with Crippen LogP contribution in [-0.4, -0.2) is 47.3 Å². The van der Waals surface area contributed by atoms with Crippen LogP contribution >= 0.6 is 0 Å². The van der Waals surface area contributed by atoms with Crippen molar-refractivity contribution in [2.24, 2.45) is 34.5 Å². The molecule has 0 aliphatic heterocycles. The van der Waals surface area contributed by atoms with Gasteiger partial charge in [0.25, 0.3) is 0 Å². The maximum atomic E-state index is 13.8. The summed E-state index contributed by atoms with van der Waals surface area (Å²) in [5.41, 5.74) is 0.450. The molecular formula is C24H33NO3. The number of β-amino-alcohol motifs (C(OH)–C–C–N with tert-alkyl or cyclic N) is 1. The SMILES string of the molecule is C=C1C(=O)C23CCC1CC2C12CC1(N(C)CCO)CCCC(C)C2C(=C)C3=O. The molecule has 0 saturated heterocycles. The molecule has 0 amide bonds. The van der Waals surface area contributed by atoms with Gasteiger partial charge in [0.2, 0.25) is 0 Å². The summed E-state index contributed by atoms with van der Waals surface area (Å²) in [6.45, 7) is 11.5. The number of hydrogen-bond donors (Lipinski definition) is 1. The van der Waals surface area contributed by atoms with Crippen molar-refractivity contribution in [3.05, 3.63) is 24.3 Å². The molecule has 6 aliphatic rings. The first-order valence-electron chi connectivity index (χ1n) is 11.1. The molecule has 28 heavy (non-hydrogen) atoms. The largest absolute Gasteiger partial charge is 0.395 e. The minimum Gasteiger partial charge on any atom is -0.395 e. The van der Waals surface area contributed by atoms with Crippen molar-refractivity contribution in [2.75, 3.05) is 20.2 Å². The lowest BCUT2D eigenvalue weighted by molar-refractivity contribution is -0.161. The average molecular weight is 384 g/mol. The zero-order valence-corrected chi connectivity index (χ0v) is 17.3. The third-order valence-corrected chi connectivity index (χ3v) is 9.75. The number of ketones is 2. The highest BCUT2D eigenvalue weighted by Gasteiger charge is 2.83. The highest BCUT2D eigenvalue weighted by Crippen LogP contribution is 2.81. The lowest BCUT2D eigenvalue weighted by atomic mass is 9.41. The Morgan fingerprint density at radius 2 is 1.86 bits per heavy atom. The third kappa shape index (κ3) is 1.81. The van der Waals surface area contributed by atoms with Crippen molar-refractivity contribution >= 4 is 11.6 Å². The van der Waals surface area contributed by atoms with Crippen molar-refractivity contribution in [2.45, 2.75) is 57.4 Å². The van der Waals surface area contributed by atoms with Gasteiger partial charge in [-0.3, -0.25) is 14.5 Å². The number of aliphatic hydroxyl groups is 1. The van der Waals surface area contributed by atoms with Gasteiger partial charge in [0.1, 0.15) is 0 Å². The molecule has 4 nitrogen and oxygen atoms in total. The Bertz CT molecular complexity index is 802. The smallest absolute Gasteiger partial charge is 0.172 e. The van der Waals surface area contributed by atoms with E-state index in [-0.39, 0.29) is 46.9 Å². The minimum atomic E-state index is -0.898. The summed E-state index contributed by atoms with van der Waals surface area (Å²) in [7, 11) is 2.13. The number of carbonyl (C=O) groups excluding carboxylic acids is 2. The summed E-state index contributed by atoms with van der Waals surface area (Å²) in [6.07, 6.45) is 6.91. The number of rotatable bonds is 3. The second-order valence-electron chi connectivity index (χ2n) is 10.4. The Morgan fingerprint density at radius 1 is 1.14 bits per heavy atom. The normalized spacial score (nSPS) is 49.6. The van der Waals surface area contributed by atoms with Crippen LogP contribution in [0.5, 0.6) is 0 Å². The standard InChI is InChI=1S/C24H33NO3/c1-14-6-5-8-22(25(4)10-11-26)13-24(22)18-12-17-7-9-23(18,20(27)15(17)2)21(28)16(3)19(14)24/h14,17-19,26H,2-3,5-13H2,1,4H3. The molecule has 7 unspecified atom stereocenters. The fourth-order valence-electron chi connectivity index (χ4n) is 8.61. The molecule has 0 aromatic carbocycles. The Balaban J connectivity index is 1.71. The summed E-state index contributed by atoms with van der Waals surface area (Å²) in [5, 5.41) is 9.64. The number of nitrogens with zero attached hydrogens (tertiary/aromatic N) is 1. The second kappa shape index (κ2) is 5.66. The van der Waals surface area contributed by atoms with Crippen LogP contribution in [-0.2, 0) is 9.59 Å². The van der Waals surface area contributed by atoms with Gasteiger partial charge in [-0.1, -0.05) is 32.9 Å². The predicted octanol–water partition coefficient (Wildman–Crippen LogP) is 3.16. The number of Topliss-reactive ketones (excluding diaryl/α,β-unsaturated/α-hetero) is 2. The third-order valence-electron chi connectivity index (χ3n) is 9.75. The number of likely N-dealkylation sites (N-methyl/N-ethyl adjacent to an activating group) is 1. The van der Waals surface area contributed by atoms with Gasteiger partial charge in [-0.25, -0.2) is 0 Å². The molecule has 6 aliphatic carbocycles. The number of fused-ring (bicyclic) bond motifs is 2. The van der Waals surface area contributed by atoms with Crippen LogP contribution in [0.4, 0.5) is 0 Å². The lowest BCUT2D eigenvalue weighted by Gasteiger charge is -2.60. The van der Waals surface area contributed by atoms with Gasteiger partial charge in [0, 0.05) is 17.5 Å². The van der Waals surface area contributed by atoms with Gasteiger partial charge in [0.15, 0.2) is 11.6 Å². The Labute approximate surface area is 168 Å². The van der Waals surface area contributed by atoms with E-state index in [9.17, 15) is 14.7 Å². The molecule has 7 atom stereocenters. The van der Waals surface area contributed by atoms with E-state index in [2.05, 4.69) is 32.0 Å². The summed E-state index contributed by atoms with van der Waals surface area (Å²) in [5.74, 6) is 1.01. The van der Waals surface area contributed by atoms with Crippen LogP contribution in [0.2, 0.25) is 0 Å². The van der Waals surface area contributed by atoms with Gasteiger partial charge < -0.3 is 5.11 Å². The van der Waals surface area contributed by atoms with Crippen LogP contribution in [0.25, 0.3) is 0 Å². The quantitative estimate of drug-likeness (QED) is 0.601. The molecule has 6 rings (SSSR count). The predicted molar refractivity (Wildman–Crippen MR) is 108 cm³/mol. The molecule has 0 aromatic rings. The Morgan fingerprint density at radius 3 is 2.57 bits per heavy atom. The topological polar surface area (TPSA) is 57.6 Å². The van der Waals surface area contributed by atoms with Crippen LogP contribution in [0, 0.1) is 34.5 Å². The van der Waals surface area contributed by atoms with E-state index < -0.39 is 5.41 Å². The van der Waals surface area contributed by atoms with Crippen molar-refractivity contribution in [1.82, 2.24) is 4.90 Å². The highest BCUT2D eigenvalue weighted by atomic mass is 16.3. The summed E-state index contributed by atoms with van der Waals surface area (Å²) < 4.78 is 0. The molecule has 6 fully saturated rings. The summed E-state index contributed by atoms with van der Waals surface area (Å²) >= 11 is 0. The molecule has 0 aromatic heterocycles. The molecule has 4 heteroatoms. The Kier molecular flexibility index (Phi) is 3.79. The van der Waals surface area contributed by atoms with E-state index in [1.165, 1.54) is 0 Å². The van der Waals surface area contributed by atoms with E-state index in [0.29, 0.717) is 30.0 Å². The van der Waals surface area contributed by atoms with Crippen molar-refractivity contribution in [1.29, 1.82) is 0 Å². The van der Waals surface area contributed by atoms with Crippen molar-refractivity contribution in [3.8, 4) is 0 Å². The molecule has 2 spiro atoms. The molecule has 152 valence electrons. The van der Waals surface area contributed by atoms with E-state index >= 15 is 0 Å². The first kappa shape index (κ1) is 18.7. The van der Waals surface area contributed by atoms with Crippen LogP contribution in [0.15, 0.2) is 24.3 Å². The first-order chi connectivity index (χ1) is 13.3. The lowest BCUT2D eigenvalue weighted by Crippen LogP contribution is -2.65. The number of carbonyl (C=O) groups is 2. The number of allylic oxidation sites excluding steroid dienone is 2. The maximum Gasteiger partial charge on any atom is 0.172 e. The molecule has 2 bridgehead atoms. The summed E-state index contributed by atoms with van der Waals surface area (Å²) in [6, 6.07) is 0. The van der Waals surface area contributed by atoms with Gasteiger partial charge in [-0.2, -0.15) is 0 Å². The molecule has 6 saturated carbocycles. The molecule has 0 heterocycles. The molecular weight excluding hydrogens is 350 g/mol. The van der Waals surface area contributed by atoms with Gasteiger partial charge in [-0.05, 0) is 74.0 Å². The Hall–Kier alpha value is -1.26. The number of aliphatic hydroxyl groups excluding tert-OH is 1. The van der Waals surface area contributed by atoms with Crippen LogP contribution < -0.4 is 0 Å². The van der Waals surface area contributed by atoms with Gasteiger partial charge in [0.05, 0.1) is 12.0 Å². The molecule has 1 N–H and O–H groups in total.